The highest BCUT2D eigenvalue weighted by atomic mass is 16.2. The van der Waals surface area contributed by atoms with Crippen LogP contribution in [0.15, 0.2) is 22.3 Å². The van der Waals surface area contributed by atoms with Crippen molar-refractivity contribution in [2.45, 2.75) is 72.8 Å². The van der Waals surface area contributed by atoms with Gasteiger partial charge < -0.3 is 5.32 Å². The number of rotatable bonds is 7. The lowest BCUT2D eigenvalue weighted by Gasteiger charge is -2.18. The highest BCUT2D eigenvalue weighted by Crippen LogP contribution is 2.27. The molecule has 0 fully saturated rings. The van der Waals surface area contributed by atoms with Gasteiger partial charge in [0.1, 0.15) is 0 Å². The summed E-state index contributed by atoms with van der Waals surface area (Å²) in [6.07, 6.45) is 3.65. The summed E-state index contributed by atoms with van der Waals surface area (Å²) < 4.78 is 0. The number of amides is 1. The molecule has 0 radical (unpaired) electrons. The van der Waals surface area contributed by atoms with Gasteiger partial charge >= 0.3 is 0 Å². The molecule has 0 aromatic rings. The Labute approximate surface area is 133 Å². The third kappa shape index (κ3) is 4.65. The van der Waals surface area contributed by atoms with Gasteiger partial charge in [-0.05, 0) is 53.9 Å². The Balaban J connectivity index is 2.44. The van der Waals surface area contributed by atoms with Crippen molar-refractivity contribution in [3.8, 4) is 0 Å². The molecule has 4 heteroatoms. The van der Waals surface area contributed by atoms with Gasteiger partial charge in [-0.15, -0.1) is 0 Å². The van der Waals surface area contributed by atoms with Crippen LogP contribution in [0.1, 0.15) is 66.7 Å². The van der Waals surface area contributed by atoms with Crippen LogP contribution in [0.3, 0.4) is 0 Å². The van der Waals surface area contributed by atoms with Crippen LogP contribution in [0, 0.1) is 0 Å². The molecular weight excluding hydrogens is 278 g/mol. The number of hydrogen-bond acceptors (Lipinski definition) is 3. The largest absolute Gasteiger partial charge is 0.354 e. The molecular formula is C18H27NO3. The van der Waals surface area contributed by atoms with Gasteiger partial charge in [0.05, 0.1) is 0 Å². The molecule has 1 N–H and O–H groups in total. The lowest BCUT2D eigenvalue weighted by molar-refractivity contribution is -0.121. The Bertz CT molecular complexity index is 539. The molecule has 4 nitrogen and oxygen atoms in total. The Kier molecular flexibility index (Phi) is 6.72. The zero-order chi connectivity index (χ0) is 16.9. The number of allylic oxidation sites excluding steroid dienone is 4. The zero-order valence-electron chi connectivity index (χ0n) is 14.3. The molecule has 0 aromatic heterocycles. The average Bonchev–Trinajstić information content (AvgIpc) is 2.45. The van der Waals surface area contributed by atoms with E-state index in [4.69, 9.17) is 0 Å². The lowest BCUT2D eigenvalue weighted by atomic mass is 9.84. The van der Waals surface area contributed by atoms with Crippen LogP contribution in [0.4, 0.5) is 0 Å². The average molecular weight is 305 g/mol. The highest BCUT2D eigenvalue weighted by molar-refractivity contribution is 6.24. The summed E-state index contributed by atoms with van der Waals surface area (Å²) in [6.45, 7) is 9.05. The molecule has 22 heavy (non-hydrogen) atoms. The second kappa shape index (κ2) is 8.06. The Morgan fingerprint density at radius 3 is 2.09 bits per heavy atom. The molecule has 1 amide bonds. The minimum Gasteiger partial charge on any atom is -0.354 e. The van der Waals surface area contributed by atoms with Crippen LogP contribution in [-0.2, 0) is 14.4 Å². The predicted molar refractivity (Wildman–Crippen MR) is 87.5 cm³/mol. The van der Waals surface area contributed by atoms with Gasteiger partial charge in [-0.3, -0.25) is 14.4 Å². The molecule has 0 aromatic carbocycles. The van der Waals surface area contributed by atoms with E-state index < -0.39 is 0 Å². The molecule has 0 spiro atoms. The summed E-state index contributed by atoms with van der Waals surface area (Å²) in [5.41, 5.74) is 2.38. The highest BCUT2D eigenvalue weighted by Gasteiger charge is 2.27. The van der Waals surface area contributed by atoms with Crippen LogP contribution in [-0.4, -0.2) is 23.5 Å². The fraction of sp³-hybridized carbons (Fsp3) is 0.611. The van der Waals surface area contributed by atoms with Crippen molar-refractivity contribution < 1.29 is 14.4 Å². The summed E-state index contributed by atoms with van der Waals surface area (Å²) in [6, 6.07) is 0.171. The third-order valence-electron chi connectivity index (χ3n) is 4.09. The van der Waals surface area contributed by atoms with Gasteiger partial charge in [-0.25, -0.2) is 0 Å². The van der Waals surface area contributed by atoms with Crippen molar-refractivity contribution in [1.82, 2.24) is 5.32 Å². The molecule has 1 rings (SSSR count). The van der Waals surface area contributed by atoms with Gasteiger partial charge in [0.25, 0.3) is 0 Å². The third-order valence-corrected chi connectivity index (χ3v) is 4.09. The van der Waals surface area contributed by atoms with E-state index in [1.807, 2.05) is 13.8 Å². The maximum Gasteiger partial charge on any atom is 0.220 e. The molecule has 1 aliphatic carbocycles. The molecule has 0 saturated heterocycles. The van der Waals surface area contributed by atoms with Crippen LogP contribution in [0.2, 0.25) is 0 Å². The maximum atomic E-state index is 12.3. The summed E-state index contributed by atoms with van der Waals surface area (Å²) in [5, 5.41) is 2.86. The first-order valence-electron chi connectivity index (χ1n) is 8.01. The topological polar surface area (TPSA) is 63.2 Å². The molecule has 0 bridgehead atoms. The van der Waals surface area contributed by atoms with Crippen LogP contribution < -0.4 is 5.32 Å². The van der Waals surface area contributed by atoms with Crippen LogP contribution >= 0.6 is 0 Å². The normalized spacial score (nSPS) is 15.9. The van der Waals surface area contributed by atoms with Crippen molar-refractivity contribution in [3.63, 3.8) is 0 Å². The zero-order valence-corrected chi connectivity index (χ0v) is 14.3. The minimum atomic E-state index is -0.0107. The van der Waals surface area contributed by atoms with E-state index in [-0.39, 0.29) is 23.5 Å². The predicted octanol–water partition coefficient (Wildman–Crippen LogP) is 3.27. The lowest BCUT2D eigenvalue weighted by Crippen LogP contribution is -2.29. The van der Waals surface area contributed by atoms with Crippen molar-refractivity contribution in [1.29, 1.82) is 0 Å². The quantitative estimate of drug-likeness (QED) is 0.580. The fourth-order valence-corrected chi connectivity index (χ4v) is 2.61. The molecule has 1 aliphatic rings. The summed E-state index contributed by atoms with van der Waals surface area (Å²) in [7, 11) is 0. The van der Waals surface area contributed by atoms with Crippen LogP contribution in [0.25, 0.3) is 0 Å². The SMILES string of the molecule is CC1=C(C)C(=O)C(CCCCCC(=O)NC(C)C)=C(C)C1=O. The van der Waals surface area contributed by atoms with E-state index in [0.29, 0.717) is 35.1 Å². The van der Waals surface area contributed by atoms with Gasteiger partial charge in [0.2, 0.25) is 5.91 Å². The van der Waals surface area contributed by atoms with Crippen LogP contribution in [0.5, 0.6) is 0 Å². The first-order valence-corrected chi connectivity index (χ1v) is 8.01. The van der Waals surface area contributed by atoms with Crippen molar-refractivity contribution in [3.05, 3.63) is 22.3 Å². The minimum absolute atomic E-state index is 0.00662. The van der Waals surface area contributed by atoms with E-state index >= 15 is 0 Å². The van der Waals surface area contributed by atoms with E-state index in [9.17, 15) is 14.4 Å². The molecule has 122 valence electrons. The molecule has 0 unspecified atom stereocenters. The second-order valence-electron chi connectivity index (χ2n) is 6.29. The number of unbranched alkanes of at least 4 members (excludes halogenated alkanes) is 2. The van der Waals surface area contributed by atoms with E-state index in [0.717, 1.165) is 19.3 Å². The number of carbonyl (C=O) groups excluding carboxylic acids is 3. The van der Waals surface area contributed by atoms with Gasteiger partial charge in [0.15, 0.2) is 11.6 Å². The molecule has 0 aliphatic heterocycles. The van der Waals surface area contributed by atoms with Gasteiger partial charge in [-0.2, -0.15) is 0 Å². The summed E-state index contributed by atoms with van der Waals surface area (Å²) in [5.74, 6) is 0.0688. The Hall–Kier alpha value is -1.71. The number of carbonyl (C=O) groups is 3. The fourth-order valence-electron chi connectivity index (χ4n) is 2.61. The van der Waals surface area contributed by atoms with Crippen molar-refractivity contribution in [2.24, 2.45) is 0 Å². The molecule has 0 saturated carbocycles. The van der Waals surface area contributed by atoms with Crippen molar-refractivity contribution >= 4 is 17.5 Å². The smallest absolute Gasteiger partial charge is 0.220 e. The first-order chi connectivity index (χ1) is 10.3. The Morgan fingerprint density at radius 1 is 0.909 bits per heavy atom. The van der Waals surface area contributed by atoms with E-state index in [1.54, 1.807) is 20.8 Å². The maximum absolute atomic E-state index is 12.3. The Morgan fingerprint density at radius 2 is 1.50 bits per heavy atom. The monoisotopic (exact) mass is 305 g/mol. The van der Waals surface area contributed by atoms with E-state index in [2.05, 4.69) is 5.32 Å². The number of ketones is 2. The standard InChI is InChI=1S/C18H27NO3/c1-11(2)19-16(20)10-8-6-7-9-15-14(5)17(21)12(3)13(4)18(15)22/h11H,6-10H2,1-5H3,(H,19,20). The first kappa shape index (κ1) is 18.3. The van der Waals surface area contributed by atoms with E-state index in [1.165, 1.54) is 0 Å². The number of Topliss-reactive ketones (excluding diaryl/α,β-unsaturated/α-hetero) is 2. The molecule has 0 heterocycles. The summed E-state index contributed by atoms with van der Waals surface area (Å²) >= 11 is 0. The number of hydrogen-bond donors (Lipinski definition) is 1. The van der Waals surface area contributed by atoms with Crippen molar-refractivity contribution in [2.75, 3.05) is 0 Å². The van der Waals surface area contributed by atoms with Gasteiger partial charge in [0, 0.05) is 34.8 Å². The number of nitrogens with one attached hydrogen (secondary N) is 1. The summed E-state index contributed by atoms with van der Waals surface area (Å²) in [4.78, 5) is 35.8. The van der Waals surface area contributed by atoms with Gasteiger partial charge in [-0.1, -0.05) is 6.42 Å². The second-order valence-corrected chi connectivity index (χ2v) is 6.29. The molecule has 0 atom stereocenters.